The summed E-state index contributed by atoms with van der Waals surface area (Å²) in [4.78, 5) is 2.43. The molecule has 2 aromatic carbocycles. The van der Waals surface area contributed by atoms with E-state index >= 15 is 0 Å². The second kappa shape index (κ2) is 6.78. The molecule has 3 heterocycles. The summed E-state index contributed by atoms with van der Waals surface area (Å²) in [5.74, 6) is 3.44. The van der Waals surface area contributed by atoms with Crippen molar-refractivity contribution in [2.45, 2.75) is 31.9 Å². The van der Waals surface area contributed by atoms with Crippen LogP contribution < -0.4 is 18.9 Å². The summed E-state index contributed by atoms with van der Waals surface area (Å²) in [5, 5.41) is 9.93. The molecule has 1 N–H and O–H groups in total. The van der Waals surface area contributed by atoms with E-state index in [1.165, 1.54) is 12.8 Å². The van der Waals surface area contributed by atoms with Gasteiger partial charge in [-0.2, -0.15) is 0 Å². The minimum absolute atomic E-state index is 0.0149. The van der Waals surface area contributed by atoms with Gasteiger partial charge in [0.05, 0.1) is 7.11 Å². The normalized spacial score (nSPS) is 26.0. The van der Waals surface area contributed by atoms with Gasteiger partial charge in [0.1, 0.15) is 17.2 Å². The number of hydrogen-bond donors (Lipinski definition) is 1. The zero-order chi connectivity index (χ0) is 19.3. The van der Waals surface area contributed by atoms with Crippen molar-refractivity contribution < 1.29 is 24.1 Å². The summed E-state index contributed by atoms with van der Waals surface area (Å²) in [5.41, 5.74) is 2.11. The highest BCUT2D eigenvalue weighted by molar-refractivity contribution is 5.58. The first-order valence-electron chi connectivity index (χ1n) is 9.87. The summed E-state index contributed by atoms with van der Waals surface area (Å²) in [6, 6.07) is 9.33. The van der Waals surface area contributed by atoms with Crippen LogP contribution in [0.15, 0.2) is 30.3 Å². The highest BCUT2D eigenvalue weighted by Gasteiger charge is 2.42. The van der Waals surface area contributed by atoms with Crippen molar-refractivity contribution in [1.29, 1.82) is 0 Å². The number of nitrogens with zero attached hydrogens (tertiary/aromatic N) is 1. The van der Waals surface area contributed by atoms with E-state index in [0.29, 0.717) is 5.75 Å². The van der Waals surface area contributed by atoms with E-state index in [1.807, 2.05) is 18.2 Å². The number of ether oxygens (including phenoxy) is 4. The Morgan fingerprint density at radius 3 is 2.50 bits per heavy atom. The number of rotatable bonds is 3. The summed E-state index contributed by atoms with van der Waals surface area (Å²) in [7, 11) is 1.64. The molecule has 0 bridgehead atoms. The van der Waals surface area contributed by atoms with Gasteiger partial charge in [0, 0.05) is 48.2 Å². The number of hydrogen-bond acceptors (Lipinski definition) is 6. The summed E-state index contributed by atoms with van der Waals surface area (Å²) in [6.07, 6.45) is 2.39. The molecule has 0 radical (unpaired) electrons. The lowest BCUT2D eigenvalue weighted by atomic mass is 9.77. The van der Waals surface area contributed by atoms with Crippen LogP contribution >= 0.6 is 0 Å². The molecule has 3 aliphatic rings. The SMILES string of the molecule is COc1cc(O)ccc1C1c2cc3c(cc2OC(N2CCCC2)C1C)OCO3. The molecule has 3 aliphatic heterocycles. The van der Waals surface area contributed by atoms with Gasteiger partial charge < -0.3 is 24.1 Å². The third-order valence-electron chi connectivity index (χ3n) is 6.12. The molecular formula is C22H25NO5. The smallest absolute Gasteiger partial charge is 0.231 e. The molecule has 0 amide bonds. The largest absolute Gasteiger partial charge is 0.508 e. The van der Waals surface area contributed by atoms with Gasteiger partial charge in [-0.15, -0.1) is 0 Å². The van der Waals surface area contributed by atoms with E-state index in [-0.39, 0.29) is 30.6 Å². The van der Waals surface area contributed by atoms with E-state index in [9.17, 15) is 5.11 Å². The number of methoxy groups -OCH3 is 1. The number of aromatic hydroxyl groups is 1. The van der Waals surface area contributed by atoms with Crippen LogP contribution in [0.3, 0.4) is 0 Å². The fourth-order valence-electron chi connectivity index (χ4n) is 4.78. The van der Waals surface area contributed by atoms with Gasteiger partial charge in [-0.05, 0) is 25.0 Å². The van der Waals surface area contributed by atoms with Crippen LogP contribution in [-0.2, 0) is 0 Å². The first-order valence-corrected chi connectivity index (χ1v) is 9.87. The molecule has 3 unspecified atom stereocenters. The van der Waals surface area contributed by atoms with Gasteiger partial charge in [0.2, 0.25) is 6.79 Å². The fourth-order valence-corrected chi connectivity index (χ4v) is 4.78. The molecular weight excluding hydrogens is 358 g/mol. The zero-order valence-electron chi connectivity index (χ0n) is 16.2. The van der Waals surface area contributed by atoms with Crippen LogP contribution in [-0.4, -0.2) is 43.2 Å². The molecule has 2 aromatic rings. The molecule has 5 rings (SSSR count). The number of likely N-dealkylation sites (tertiary alicyclic amines) is 1. The molecule has 0 saturated carbocycles. The van der Waals surface area contributed by atoms with E-state index in [0.717, 1.165) is 41.5 Å². The monoisotopic (exact) mass is 383 g/mol. The first-order chi connectivity index (χ1) is 13.7. The Kier molecular flexibility index (Phi) is 4.23. The van der Waals surface area contributed by atoms with Crippen molar-refractivity contribution >= 4 is 0 Å². The lowest BCUT2D eigenvalue weighted by Crippen LogP contribution is -2.47. The van der Waals surface area contributed by atoms with Crippen LogP contribution in [0.25, 0.3) is 0 Å². The van der Waals surface area contributed by atoms with Crippen LogP contribution in [0.5, 0.6) is 28.7 Å². The van der Waals surface area contributed by atoms with Crippen molar-refractivity contribution in [2.75, 3.05) is 27.0 Å². The third kappa shape index (κ3) is 2.75. The molecule has 28 heavy (non-hydrogen) atoms. The summed E-state index contributed by atoms with van der Waals surface area (Å²) < 4.78 is 23.3. The number of fused-ring (bicyclic) bond motifs is 2. The van der Waals surface area contributed by atoms with Crippen LogP contribution in [0, 0.1) is 5.92 Å². The maximum absolute atomic E-state index is 9.93. The van der Waals surface area contributed by atoms with Crippen molar-refractivity contribution in [3.05, 3.63) is 41.5 Å². The van der Waals surface area contributed by atoms with Gasteiger partial charge in [-0.3, -0.25) is 4.90 Å². The van der Waals surface area contributed by atoms with Crippen molar-refractivity contribution in [1.82, 2.24) is 4.90 Å². The highest BCUT2D eigenvalue weighted by atomic mass is 16.7. The van der Waals surface area contributed by atoms with Crippen LogP contribution in [0.1, 0.15) is 36.8 Å². The Balaban J connectivity index is 1.65. The molecule has 0 aliphatic carbocycles. The van der Waals surface area contributed by atoms with Crippen LogP contribution in [0.2, 0.25) is 0 Å². The maximum Gasteiger partial charge on any atom is 0.231 e. The molecule has 6 heteroatoms. The number of phenolic OH excluding ortho intramolecular Hbond substituents is 1. The molecule has 1 fully saturated rings. The van der Waals surface area contributed by atoms with Crippen molar-refractivity contribution in [3.63, 3.8) is 0 Å². The van der Waals surface area contributed by atoms with Gasteiger partial charge in [-0.25, -0.2) is 0 Å². The highest BCUT2D eigenvalue weighted by Crippen LogP contribution is 2.51. The van der Waals surface area contributed by atoms with E-state index < -0.39 is 0 Å². The Morgan fingerprint density at radius 1 is 1.00 bits per heavy atom. The Hall–Kier alpha value is -2.60. The predicted molar refractivity (Wildman–Crippen MR) is 103 cm³/mol. The number of benzene rings is 2. The Labute approximate surface area is 164 Å². The summed E-state index contributed by atoms with van der Waals surface area (Å²) >= 11 is 0. The second-order valence-electron chi connectivity index (χ2n) is 7.76. The molecule has 148 valence electrons. The van der Waals surface area contributed by atoms with Crippen molar-refractivity contribution in [3.8, 4) is 28.7 Å². The molecule has 0 spiro atoms. The van der Waals surface area contributed by atoms with E-state index in [2.05, 4.69) is 11.8 Å². The summed E-state index contributed by atoms with van der Waals surface area (Å²) in [6.45, 7) is 4.56. The standard InChI is InChI=1S/C22H25NO5/c1-13-21(15-6-5-14(24)9-17(15)25-2)16-10-19-20(27-12-26-19)11-18(16)28-22(13)23-7-3-4-8-23/h5-6,9-11,13,21-22,24H,3-4,7-8,12H2,1-2H3. The molecule has 0 aromatic heterocycles. The van der Waals surface area contributed by atoms with E-state index in [1.54, 1.807) is 19.2 Å². The zero-order valence-corrected chi connectivity index (χ0v) is 16.2. The number of phenols is 1. The molecule has 3 atom stereocenters. The van der Waals surface area contributed by atoms with Crippen LogP contribution in [0.4, 0.5) is 0 Å². The predicted octanol–water partition coefficient (Wildman–Crippen LogP) is 3.71. The second-order valence-corrected chi connectivity index (χ2v) is 7.76. The molecule has 1 saturated heterocycles. The maximum atomic E-state index is 9.93. The van der Waals surface area contributed by atoms with Gasteiger partial charge in [0.25, 0.3) is 0 Å². The Bertz CT molecular complexity index is 893. The minimum atomic E-state index is -0.0149. The van der Waals surface area contributed by atoms with Crippen molar-refractivity contribution in [2.24, 2.45) is 5.92 Å². The average Bonchev–Trinajstić information content (AvgIpc) is 3.38. The first kappa shape index (κ1) is 17.5. The lowest BCUT2D eigenvalue weighted by molar-refractivity contribution is -0.0180. The topological polar surface area (TPSA) is 60.4 Å². The fraction of sp³-hybridized carbons (Fsp3) is 0.455. The lowest BCUT2D eigenvalue weighted by Gasteiger charge is -2.42. The quantitative estimate of drug-likeness (QED) is 0.872. The third-order valence-corrected chi connectivity index (χ3v) is 6.12. The average molecular weight is 383 g/mol. The molecule has 6 nitrogen and oxygen atoms in total. The van der Waals surface area contributed by atoms with E-state index in [4.69, 9.17) is 18.9 Å². The Morgan fingerprint density at radius 2 is 1.75 bits per heavy atom. The van der Waals surface area contributed by atoms with Gasteiger partial charge in [0.15, 0.2) is 17.7 Å². The van der Waals surface area contributed by atoms with Gasteiger partial charge in [-0.1, -0.05) is 13.0 Å². The van der Waals surface area contributed by atoms with Gasteiger partial charge >= 0.3 is 0 Å². The minimum Gasteiger partial charge on any atom is -0.508 e.